The monoisotopic (exact) mass is 392 g/mol. The van der Waals surface area contributed by atoms with Gasteiger partial charge in [-0.25, -0.2) is 4.79 Å². The number of hydrogen-bond acceptors (Lipinski definition) is 4. The van der Waals surface area contributed by atoms with E-state index in [0.29, 0.717) is 17.7 Å². The van der Waals surface area contributed by atoms with Gasteiger partial charge in [0.1, 0.15) is 17.1 Å². The predicted molar refractivity (Wildman–Crippen MR) is 117 cm³/mol. The van der Waals surface area contributed by atoms with Crippen LogP contribution in [0.15, 0.2) is 63.2 Å². The molecule has 0 atom stereocenters. The number of aryl methyl sites for hydroxylation is 4. The number of rotatable bonds is 6. The van der Waals surface area contributed by atoms with Crippen molar-refractivity contribution in [2.45, 2.75) is 32.1 Å². The summed E-state index contributed by atoms with van der Waals surface area (Å²) in [7, 11) is 0. The number of hydrogen-bond donors (Lipinski definition) is 1. The molecule has 28 heavy (non-hydrogen) atoms. The summed E-state index contributed by atoms with van der Waals surface area (Å²) in [5.41, 5.74) is 4.36. The van der Waals surface area contributed by atoms with Crippen molar-refractivity contribution in [2.24, 2.45) is 0 Å². The van der Waals surface area contributed by atoms with Crippen molar-refractivity contribution in [3.05, 3.63) is 87.5 Å². The van der Waals surface area contributed by atoms with Gasteiger partial charge in [0.05, 0.1) is 0 Å². The lowest BCUT2D eigenvalue weighted by Crippen LogP contribution is -2.08. The quantitative estimate of drug-likeness (QED) is 0.529. The Morgan fingerprint density at radius 3 is 2.39 bits per heavy atom. The molecule has 3 aromatic rings. The van der Waals surface area contributed by atoms with E-state index in [1.165, 1.54) is 10.5 Å². The summed E-state index contributed by atoms with van der Waals surface area (Å²) in [5.74, 6) is 1.18. The highest BCUT2D eigenvalue weighted by Crippen LogP contribution is 2.34. The maximum Gasteiger partial charge on any atom is 0.347 e. The van der Waals surface area contributed by atoms with Crippen molar-refractivity contribution in [3.8, 4) is 16.9 Å². The lowest BCUT2D eigenvalue weighted by atomic mass is 9.93. The second kappa shape index (κ2) is 8.53. The zero-order valence-electron chi connectivity index (χ0n) is 16.4. The molecule has 3 nitrogen and oxygen atoms in total. The third kappa shape index (κ3) is 4.39. The van der Waals surface area contributed by atoms with Gasteiger partial charge in [0.15, 0.2) is 0 Å². The van der Waals surface area contributed by atoms with Crippen molar-refractivity contribution in [1.82, 2.24) is 0 Å². The first-order valence-electron chi connectivity index (χ1n) is 9.18. The molecule has 0 aliphatic carbocycles. The van der Waals surface area contributed by atoms with Crippen LogP contribution in [0.1, 0.15) is 28.0 Å². The minimum Gasteiger partial charge on any atom is -0.507 e. The highest BCUT2D eigenvalue weighted by Gasteiger charge is 2.18. The molecule has 0 amide bonds. The second-order valence-electron chi connectivity index (χ2n) is 6.92. The van der Waals surface area contributed by atoms with Crippen molar-refractivity contribution >= 4 is 17.8 Å². The molecule has 1 aromatic heterocycles. The molecule has 1 N–H and O–H groups in total. The second-order valence-corrected chi connectivity index (χ2v) is 8.09. The Morgan fingerprint density at radius 2 is 1.75 bits per heavy atom. The van der Waals surface area contributed by atoms with Crippen LogP contribution in [0.4, 0.5) is 0 Å². The lowest BCUT2D eigenvalue weighted by molar-refractivity contribution is 0.430. The molecule has 2 aromatic carbocycles. The minimum atomic E-state index is -0.523. The third-order valence-corrected chi connectivity index (χ3v) is 5.61. The van der Waals surface area contributed by atoms with Crippen LogP contribution in [0.25, 0.3) is 17.2 Å². The van der Waals surface area contributed by atoms with Crippen molar-refractivity contribution < 1.29 is 9.52 Å². The van der Waals surface area contributed by atoms with Gasteiger partial charge in [0, 0.05) is 28.7 Å². The molecule has 1 heterocycles. The Bertz CT molecular complexity index is 1060. The highest BCUT2D eigenvalue weighted by molar-refractivity contribution is 7.99. The van der Waals surface area contributed by atoms with E-state index in [1.54, 1.807) is 23.9 Å². The van der Waals surface area contributed by atoms with E-state index in [0.717, 1.165) is 22.4 Å². The molecule has 0 spiro atoms. The summed E-state index contributed by atoms with van der Waals surface area (Å²) in [6.45, 7) is 9.79. The molecule has 0 fully saturated rings. The number of thioether (sulfide) groups is 1. The summed E-state index contributed by atoms with van der Waals surface area (Å²) in [6.07, 6.45) is 2.25. The summed E-state index contributed by atoms with van der Waals surface area (Å²) in [5, 5.41) is 10.6. The van der Waals surface area contributed by atoms with Gasteiger partial charge < -0.3 is 9.52 Å². The Hall–Kier alpha value is -2.72. The Kier molecular flexibility index (Phi) is 6.10. The summed E-state index contributed by atoms with van der Waals surface area (Å²) < 4.78 is 5.52. The molecular formula is C24H24O3S. The van der Waals surface area contributed by atoms with E-state index in [4.69, 9.17) is 4.42 Å². The number of aromatic hydroxyl groups is 1. The molecule has 0 aliphatic heterocycles. The van der Waals surface area contributed by atoms with E-state index >= 15 is 0 Å². The van der Waals surface area contributed by atoms with Gasteiger partial charge in [-0.15, -0.1) is 11.8 Å². The zero-order valence-corrected chi connectivity index (χ0v) is 17.2. The van der Waals surface area contributed by atoms with Crippen LogP contribution in [0.3, 0.4) is 0 Å². The van der Waals surface area contributed by atoms with E-state index in [2.05, 4.69) is 37.8 Å². The third-order valence-electron chi connectivity index (χ3n) is 4.60. The van der Waals surface area contributed by atoms with Crippen LogP contribution >= 0.6 is 11.8 Å². The Morgan fingerprint density at radius 1 is 1.04 bits per heavy atom. The van der Waals surface area contributed by atoms with Crippen LogP contribution in [0, 0.1) is 20.8 Å². The van der Waals surface area contributed by atoms with E-state index in [9.17, 15) is 9.90 Å². The van der Waals surface area contributed by atoms with Crippen LogP contribution in [-0.4, -0.2) is 10.9 Å². The standard InChI is InChI=1S/C24H24O3S/c1-5-18-13-16(3)12-17(4)22(18)23-21(25)14-19(27-24(23)26)10-11-28-20-8-6-15(2)7-9-20/h5-9,12-14,25H,1,10-11H2,2-4H3. The smallest absolute Gasteiger partial charge is 0.347 e. The van der Waals surface area contributed by atoms with Crippen LogP contribution in [0.2, 0.25) is 0 Å². The average Bonchev–Trinajstić information content (AvgIpc) is 2.64. The number of benzene rings is 2. The first-order chi connectivity index (χ1) is 13.4. The first kappa shape index (κ1) is 20.0. The predicted octanol–water partition coefficient (Wildman–Crippen LogP) is 5.92. The fraction of sp³-hybridized carbons (Fsp3) is 0.208. The maximum atomic E-state index is 12.7. The molecule has 0 saturated carbocycles. The van der Waals surface area contributed by atoms with Crippen molar-refractivity contribution in [3.63, 3.8) is 0 Å². The summed E-state index contributed by atoms with van der Waals surface area (Å²) in [6, 6.07) is 13.8. The molecule has 4 heteroatoms. The van der Waals surface area contributed by atoms with Crippen molar-refractivity contribution in [1.29, 1.82) is 0 Å². The van der Waals surface area contributed by atoms with E-state index < -0.39 is 5.63 Å². The normalized spacial score (nSPS) is 10.8. The molecular weight excluding hydrogens is 368 g/mol. The van der Waals surface area contributed by atoms with Gasteiger partial charge in [0.25, 0.3) is 0 Å². The zero-order chi connectivity index (χ0) is 20.3. The molecule has 0 radical (unpaired) electrons. The van der Waals surface area contributed by atoms with Gasteiger partial charge in [-0.2, -0.15) is 0 Å². The molecule has 0 bridgehead atoms. The van der Waals surface area contributed by atoms with Gasteiger partial charge >= 0.3 is 5.63 Å². The fourth-order valence-corrected chi connectivity index (χ4v) is 4.16. The fourth-order valence-electron chi connectivity index (χ4n) is 3.29. The topological polar surface area (TPSA) is 50.4 Å². The van der Waals surface area contributed by atoms with Crippen LogP contribution in [-0.2, 0) is 6.42 Å². The average molecular weight is 393 g/mol. The molecule has 0 saturated heterocycles. The molecule has 0 unspecified atom stereocenters. The Labute approximate surface area is 169 Å². The van der Waals surface area contributed by atoms with Crippen molar-refractivity contribution in [2.75, 3.05) is 5.75 Å². The SMILES string of the molecule is C=Cc1cc(C)cc(C)c1-c1c(O)cc(CCSc2ccc(C)cc2)oc1=O. The molecule has 144 valence electrons. The van der Waals surface area contributed by atoms with Gasteiger partial charge in [-0.1, -0.05) is 48.0 Å². The maximum absolute atomic E-state index is 12.7. The van der Waals surface area contributed by atoms with Crippen LogP contribution in [0.5, 0.6) is 5.75 Å². The first-order valence-corrected chi connectivity index (χ1v) is 10.2. The van der Waals surface area contributed by atoms with Gasteiger partial charge in [-0.3, -0.25) is 0 Å². The van der Waals surface area contributed by atoms with Crippen LogP contribution < -0.4 is 5.63 Å². The molecule has 0 aliphatic rings. The van der Waals surface area contributed by atoms with E-state index in [-0.39, 0.29) is 11.3 Å². The summed E-state index contributed by atoms with van der Waals surface area (Å²) in [4.78, 5) is 13.8. The molecule has 3 rings (SSSR count). The lowest BCUT2D eigenvalue weighted by Gasteiger charge is -2.13. The Balaban J connectivity index is 1.85. The largest absolute Gasteiger partial charge is 0.507 e. The van der Waals surface area contributed by atoms with Gasteiger partial charge in [0.2, 0.25) is 0 Å². The van der Waals surface area contributed by atoms with E-state index in [1.807, 2.05) is 26.0 Å². The summed E-state index contributed by atoms with van der Waals surface area (Å²) >= 11 is 1.69. The van der Waals surface area contributed by atoms with Gasteiger partial charge in [-0.05, 0) is 44.0 Å². The highest BCUT2D eigenvalue weighted by atomic mass is 32.2. The minimum absolute atomic E-state index is 0.0540.